The maximum absolute atomic E-state index is 3.61. The molecule has 82 valence electrons. The third kappa shape index (κ3) is 2.71. The number of hydrogen-bond donors (Lipinski definition) is 1. The molecule has 0 bridgehead atoms. The number of nitrogens with one attached hydrogen (secondary N) is 1. The number of likely N-dealkylation sites (tertiary alicyclic amines) is 1. The summed E-state index contributed by atoms with van der Waals surface area (Å²) >= 11 is 0. The molecule has 0 saturated carbocycles. The molecule has 2 aliphatic heterocycles. The average molecular weight is 196 g/mol. The molecule has 1 N–H and O–H groups in total. The van der Waals surface area contributed by atoms with Crippen molar-refractivity contribution >= 4 is 0 Å². The lowest BCUT2D eigenvalue weighted by atomic mass is 10.0. The summed E-state index contributed by atoms with van der Waals surface area (Å²) in [6.07, 6.45) is 8.52. The molecule has 2 rings (SSSR count). The van der Waals surface area contributed by atoms with Crippen LogP contribution < -0.4 is 5.32 Å². The van der Waals surface area contributed by atoms with E-state index < -0.39 is 0 Å². The van der Waals surface area contributed by atoms with Crippen molar-refractivity contribution < 1.29 is 0 Å². The fraction of sp³-hybridized carbons (Fsp3) is 1.00. The van der Waals surface area contributed by atoms with E-state index in [1.54, 1.807) is 0 Å². The zero-order valence-corrected chi connectivity index (χ0v) is 9.47. The number of hydrogen-bond acceptors (Lipinski definition) is 2. The van der Waals surface area contributed by atoms with E-state index in [9.17, 15) is 0 Å². The lowest BCUT2D eigenvalue weighted by molar-refractivity contribution is 0.159. The zero-order valence-electron chi connectivity index (χ0n) is 9.47. The highest BCUT2D eigenvalue weighted by atomic mass is 15.2. The van der Waals surface area contributed by atoms with E-state index in [2.05, 4.69) is 17.1 Å². The van der Waals surface area contributed by atoms with Crippen molar-refractivity contribution in [2.75, 3.05) is 19.6 Å². The van der Waals surface area contributed by atoms with Gasteiger partial charge in [-0.15, -0.1) is 0 Å². The highest BCUT2D eigenvalue weighted by molar-refractivity contribution is 4.82. The number of rotatable bonds is 1. The second kappa shape index (κ2) is 5.13. The van der Waals surface area contributed by atoms with Gasteiger partial charge in [-0.1, -0.05) is 12.8 Å². The number of piperidine rings is 1. The lowest BCUT2D eigenvalue weighted by Gasteiger charge is -2.36. The van der Waals surface area contributed by atoms with Crippen LogP contribution in [-0.2, 0) is 0 Å². The molecule has 0 aromatic carbocycles. The summed E-state index contributed by atoms with van der Waals surface area (Å²) in [5.74, 6) is 0. The van der Waals surface area contributed by atoms with Gasteiger partial charge in [0.15, 0.2) is 0 Å². The van der Waals surface area contributed by atoms with Gasteiger partial charge < -0.3 is 5.32 Å². The predicted octanol–water partition coefficient (Wildman–Crippen LogP) is 2.00. The molecule has 2 fully saturated rings. The first kappa shape index (κ1) is 10.4. The molecule has 2 atom stereocenters. The molecular weight excluding hydrogens is 172 g/mol. The Hall–Kier alpha value is -0.0800. The molecule has 0 aromatic rings. The minimum Gasteiger partial charge on any atom is -0.313 e. The third-order valence-corrected chi connectivity index (χ3v) is 3.79. The van der Waals surface area contributed by atoms with E-state index >= 15 is 0 Å². The van der Waals surface area contributed by atoms with Crippen LogP contribution in [0.3, 0.4) is 0 Å². The summed E-state index contributed by atoms with van der Waals surface area (Å²) in [6.45, 7) is 6.22. The molecule has 2 heterocycles. The van der Waals surface area contributed by atoms with Crippen LogP contribution in [0.1, 0.15) is 45.4 Å². The summed E-state index contributed by atoms with van der Waals surface area (Å²) in [4.78, 5) is 2.73. The van der Waals surface area contributed by atoms with Gasteiger partial charge in [-0.05, 0) is 45.7 Å². The monoisotopic (exact) mass is 196 g/mol. The van der Waals surface area contributed by atoms with Crippen molar-refractivity contribution in [3.05, 3.63) is 0 Å². The molecule has 2 aliphatic rings. The van der Waals surface area contributed by atoms with E-state index in [-0.39, 0.29) is 0 Å². The topological polar surface area (TPSA) is 15.3 Å². The van der Waals surface area contributed by atoms with Crippen molar-refractivity contribution in [3.8, 4) is 0 Å². The normalized spacial score (nSPS) is 36.6. The van der Waals surface area contributed by atoms with E-state index in [1.165, 1.54) is 58.2 Å². The van der Waals surface area contributed by atoms with Gasteiger partial charge in [0.1, 0.15) is 0 Å². The summed E-state index contributed by atoms with van der Waals surface area (Å²) in [7, 11) is 0. The van der Waals surface area contributed by atoms with Crippen LogP contribution in [0.4, 0.5) is 0 Å². The van der Waals surface area contributed by atoms with E-state index in [4.69, 9.17) is 0 Å². The van der Waals surface area contributed by atoms with Crippen LogP contribution in [0.15, 0.2) is 0 Å². The van der Waals surface area contributed by atoms with Crippen molar-refractivity contribution in [3.63, 3.8) is 0 Å². The first-order valence-corrected chi connectivity index (χ1v) is 6.33. The van der Waals surface area contributed by atoms with Gasteiger partial charge in [0.05, 0.1) is 0 Å². The molecule has 2 heteroatoms. The largest absolute Gasteiger partial charge is 0.313 e. The Kier molecular flexibility index (Phi) is 3.82. The minimum absolute atomic E-state index is 0.748. The SMILES string of the molecule is CC1CCC(N2CCCCCC2)CN1. The highest BCUT2D eigenvalue weighted by Crippen LogP contribution is 2.18. The molecule has 0 radical (unpaired) electrons. The van der Waals surface area contributed by atoms with Gasteiger partial charge in [-0.25, -0.2) is 0 Å². The van der Waals surface area contributed by atoms with Crippen molar-refractivity contribution in [1.82, 2.24) is 10.2 Å². The predicted molar refractivity (Wildman–Crippen MR) is 60.5 cm³/mol. The molecule has 0 aliphatic carbocycles. The average Bonchev–Trinajstić information content (AvgIpc) is 2.47. The Morgan fingerprint density at radius 1 is 1.00 bits per heavy atom. The summed E-state index contributed by atoms with van der Waals surface area (Å²) in [5, 5.41) is 3.61. The van der Waals surface area contributed by atoms with Crippen LogP contribution in [0.25, 0.3) is 0 Å². The Labute approximate surface area is 88.1 Å². The summed E-state index contributed by atoms with van der Waals surface area (Å²) in [5.41, 5.74) is 0. The van der Waals surface area contributed by atoms with E-state index in [0.29, 0.717) is 0 Å². The first-order chi connectivity index (χ1) is 6.86. The zero-order chi connectivity index (χ0) is 9.80. The van der Waals surface area contributed by atoms with Crippen molar-refractivity contribution in [2.45, 2.75) is 57.5 Å². The quantitative estimate of drug-likeness (QED) is 0.690. The van der Waals surface area contributed by atoms with Gasteiger partial charge >= 0.3 is 0 Å². The smallest absolute Gasteiger partial charge is 0.0221 e. The first-order valence-electron chi connectivity index (χ1n) is 6.33. The van der Waals surface area contributed by atoms with E-state index in [0.717, 1.165) is 12.1 Å². The van der Waals surface area contributed by atoms with Crippen LogP contribution in [0.2, 0.25) is 0 Å². The van der Waals surface area contributed by atoms with Gasteiger partial charge in [-0.3, -0.25) is 4.90 Å². The number of nitrogens with zero attached hydrogens (tertiary/aromatic N) is 1. The maximum Gasteiger partial charge on any atom is 0.0221 e. The van der Waals surface area contributed by atoms with Crippen LogP contribution in [-0.4, -0.2) is 36.6 Å². The van der Waals surface area contributed by atoms with Crippen LogP contribution >= 0.6 is 0 Å². The van der Waals surface area contributed by atoms with Gasteiger partial charge in [0, 0.05) is 18.6 Å². The molecular formula is C12H24N2. The van der Waals surface area contributed by atoms with Gasteiger partial charge in [0.2, 0.25) is 0 Å². The summed E-state index contributed by atoms with van der Waals surface area (Å²) < 4.78 is 0. The minimum atomic E-state index is 0.748. The second-order valence-corrected chi connectivity index (χ2v) is 4.99. The lowest BCUT2D eigenvalue weighted by Crippen LogP contribution is -2.49. The molecule has 2 unspecified atom stereocenters. The van der Waals surface area contributed by atoms with Crippen LogP contribution in [0.5, 0.6) is 0 Å². The molecule has 0 spiro atoms. The third-order valence-electron chi connectivity index (χ3n) is 3.79. The standard InChI is InChI=1S/C12H24N2/c1-11-6-7-12(10-13-11)14-8-4-2-3-5-9-14/h11-13H,2-10H2,1H3. The van der Waals surface area contributed by atoms with Crippen LogP contribution in [0, 0.1) is 0 Å². The fourth-order valence-electron chi connectivity index (χ4n) is 2.76. The molecule has 0 aromatic heterocycles. The molecule has 14 heavy (non-hydrogen) atoms. The van der Waals surface area contributed by atoms with Crippen molar-refractivity contribution in [2.24, 2.45) is 0 Å². The Morgan fingerprint density at radius 3 is 2.29 bits per heavy atom. The molecule has 2 nitrogen and oxygen atoms in total. The molecule has 0 amide bonds. The maximum atomic E-state index is 3.61. The Morgan fingerprint density at radius 2 is 1.71 bits per heavy atom. The molecule has 2 saturated heterocycles. The van der Waals surface area contributed by atoms with E-state index in [1.807, 2.05) is 0 Å². The van der Waals surface area contributed by atoms with Gasteiger partial charge in [-0.2, -0.15) is 0 Å². The van der Waals surface area contributed by atoms with Gasteiger partial charge in [0.25, 0.3) is 0 Å². The Bertz CT molecular complexity index is 154. The summed E-state index contributed by atoms with van der Waals surface area (Å²) in [6, 6.07) is 1.59. The Balaban J connectivity index is 1.81. The fourth-order valence-corrected chi connectivity index (χ4v) is 2.76. The second-order valence-electron chi connectivity index (χ2n) is 4.99. The van der Waals surface area contributed by atoms with Crippen molar-refractivity contribution in [1.29, 1.82) is 0 Å². The highest BCUT2D eigenvalue weighted by Gasteiger charge is 2.23.